The molecule has 0 saturated heterocycles. The molecule has 0 saturated carbocycles. The number of carbonyl (C=O) groups excluding carboxylic acids is 1. The summed E-state index contributed by atoms with van der Waals surface area (Å²) in [6.07, 6.45) is 0.882. The van der Waals surface area contributed by atoms with Crippen LogP contribution in [0.15, 0.2) is 18.2 Å². The van der Waals surface area contributed by atoms with E-state index in [2.05, 4.69) is 19.2 Å². The maximum atomic E-state index is 12.2. The van der Waals surface area contributed by atoms with Crippen LogP contribution in [0, 0.1) is 5.92 Å². The number of carboxylic acids is 1. The van der Waals surface area contributed by atoms with Gasteiger partial charge in [-0.05, 0) is 37.5 Å². The summed E-state index contributed by atoms with van der Waals surface area (Å²) in [7, 11) is 1.71. The molecule has 1 unspecified atom stereocenters. The Hall–Kier alpha value is -1.75. The second kappa shape index (κ2) is 7.31. The number of nitrogens with zero attached hydrogens (tertiary/aromatic N) is 1. The molecular weight excluding hydrogens is 292 g/mol. The van der Waals surface area contributed by atoms with Gasteiger partial charge in [-0.1, -0.05) is 25.4 Å². The molecule has 0 radical (unpaired) electrons. The van der Waals surface area contributed by atoms with Crippen LogP contribution in [0.2, 0.25) is 5.02 Å². The van der Waals surface area contributed by atoms with E-state index < -0.39 is 5.97 Å². The van der Waals surface area contributed by atoms with Gasteiger partial charge in [0.25, 0.3) is 0 Å². The van der Waals surface area contributed by atoms with Gasteiger partial charge < -0.3 is 15.3 Å². The monoisotopic (exact) mass is 312 g/mol. The van der Waals surface area contributed by atoms with Crippen molar-refractivity contribution in [2.24, 2.45) is 5.92 Å². The third kappa shape index (κ3) is 4.93. The van der Waals surface area contributed by atoms with Gasteiger partial charge in [0, 0.05) is 13.1 Å². The minimum absolute atomic E-state index is 0.0754. The maximum Gasteiger partial charge on any atom is 0.335 e. The fourth-order valence-corrected chi connectivity index (χ4v) is 2.16. The van der Waals surface area contributed by atoms with Crippen LogP contribution in [-0.2, 0) is 0 Å². The molecule has 2 amide bonds. The molecule has 0 aliphatic rings. The maximum absolute atomic E-state index is 12.2. The second-order valence-corrected chi connectivity index (χ2v) is 5.93. The molecule has 5 nitrogen and oxygen atoms in total. The Morgan fingerprint density at radius 1 is 1.33 bits per heavy atom. The summed E-state index contributed by atoms with van der Waals surface area (Å²) < 4.78 is 0. The topological polar surface area (TPSA) is 69.6 Å². The van der Waals surface area contributed by atoms with E-state index in [1.54, 1.807) is 11.9 Å². The first-order valence-electron chi connectivity index (χ1n) is 6.79. The first kappa shape index (κ1) is 17.3. The number of carboxylic acid groups (broad SMARTS) is 1. The van der Waals surface area contributed by atoms with Gasteiger partial charge in [0.2, 0.25) is 0 Å². The molecule has 1 rings (SSSR count). The van der Waals surface area contributed by atoms with E-state index in [0.717, 1.165) is 6.42 Å². The van der Waals surface area contributed by atoms with Crippen molar-refractivity contribution in [3.05, 3.63) is 28.8 Å². The zero-order valence-electron chi connectivity index (χ0n) is 12.7. The molecule has 0 aliphatic heterocycles. The zero-order valence-corrected chi connectivity index (χ0v) is 13.4. The van der Waals surface area contributed by atoms with Crippen LogP contribution in [0.5, 0.6) is 0 Å². The third-order valence-corrected chi connectivity index (χ3v) is 3.58. The van der Waals surface area contributed by atoms with Gasteiger partial charge in [0.05, 0.1) is 16.3 Å². The van der Waals surface area contributed by atoms with Crippen molar-refractivity contribution < 1.29 is 14.7 Å². The minimum Gasteiger partial charge on any atom is -0.478 e. The van der Waals surface area contributed by atoms with Gasteiger partial charge in [-0.3, -0.25) is 0 Å². The summed E-state index contributed by atoms with van der Waals surface area (Å²) in [5.74, 6) is -0.585. The number of nitrogens with one attached hydrogen (secondary N) is 1. The van der Waals surface area contributed by atoms with Gasteiger partial charge in [0.1, 0.15) is 0 Å². The van der Waals surface area contributed by atoms with Crippen LogP contribution in [0.25, 0.3) is 0 Å². The van der Waals surface area contributed by atoms with E-state index in [-0.39, 0.29) is 17.6 Å². The lowest BCUT2D eigenvalue weighted by Crippen LogP contribution is -2.39. The fourth-order valence-electron chi connectivity index (χ4n) is 2.00. The highest BCUT2D eigenvalue weighted by molar-refractivity contribution is 6.33. The van der Waals surface area contributed by atoms with E-state index >= 15 is 0 Å². The van der Waals surface area contributed by atoms with Gasteiger partial charge in [-0.2, -0.15) is 0 Å². The van der Waals surface area contributed by atoms with Crippen LogP contribution >= 0.6 is 11.6 Å². The molecule has 21 heavy (non-hydrogen) atoms. The van der Waals surface area contributed by atoms with Crippen molar-refractivity contribution in [1.82, 2.24) is 4.90 Å². The average molecular weight is 313 g/mol. The molecule has 0 aliphatic carbocycles. The van der Waals surface area contributed by atoms with Crippen molar-refractivity contribution >= 4 is 29.3 Å². The number of anilines is 1. The molecule has 1 aromatic carbocycles. The highest BCUT2D eigenvalue weighted by Gasteiger charge is 2.18. The van der Waals surface area contributed by atoms with Crippen LogP contribution in [-0.4, -0.2) is 35.1 Å². The summed E-state index contributed by atoms with van der Waals surface area (Å²) in [6.45, 7) is 6.15. The van der Waals surface area contributed by atoms with Crippen molar-refractivity contribution in [3.8, 4) is 0 Å². The number of urea groups is 1. The predicted octanol–water partition coefficient (Wildman–Crippen LogP) is 3.94. The molecule has 0 spiro atoms. The number of hydrogen-bond donors (Lipinski definition) is 2. The molecule has 0 aromatic heterocycles. The number of halogens is 1. The highest BCUT2D eigenvalue weighted by Crippen LogP contribution is 2.24. The number of rotatable bonds is 5. The van der Waals surface area contributed by atoms with Crippen LogP contribution < -0.4 is 5.32 Å². The van der Waals surface area contributed by atoms with E-state index in [1.165, 1.54) is 18.2 Å². The van der Waals surface area contributed by atoms with Gasteiger partial charge in [-0.15, -0.1) is 0 Å². The van der Waals surface area contributed by atoms with E-state index in [9.17, 15) is 9.59 Å². The second-order valence-electron chi connectivity index (χ2n) is 5.52. The number of carbonyl (C=O) groups is 2. The summed E-state index contributed by atoms with van der Waals surface area (Å²) in [6, 6.07) is 3.96. The molecule has 0 fully saturated rings. The Balaban J connectivity index is 2.83. The van der Waals surface area contributed by atoms with Gasteiger partial charge in [-0.25, -0.2) is 9.59 Å². The molecule has 0 bridgehead atoms. The van der Waals surface area contributed by atoms with E-state index in [0.29, 0.717) is 16.6 Å². The normalized spacial score (nSPS) is 12.1. The standard InChI is InChI=1S/C15H21ClN2O3/c1-9(2)7-10(3)18(4)15(21)17-13-8-11(14(19)20)5-6-12(13)16/h5-6,8-10H,7H2,1-4H3,(H,17,21)(H,19,20). The Labute approximate surface area is 129 Å². The molecule has 116 valence electrons. The largest absolute Gasteiger partial charge is 0.478 e. The number of benzene rings is 1. The van der Waals surface area contributed by atoms with Gasteiger partial charge in [0.15, 0.2) is 0 Å². The van der Waals surface area contributed by atoms with Crippen molar-refractivity contribution in [2.45, 2.75) is 33.2 Å². The smallest absolute Gasteiger partial charge is 0.335 e. The summed E-state index contributed by atoms with van der Waals surface area (Å²) in [4.78, 5) is 24.7. The van der Waals surface area contributed by atoms with Crippen molar-refractivity contribution in [2.75, 3.05) is 12.4 Å². The fraction of sp³-hybridized carbons (Fsp3) is 0.467. The molecule has 6 heteroatoms. The predicted molar refractivity (Wildman–Crippen MR) is 84.1 cm³/mol. The third-order valence-electron chi connectivity index (χ3n) is 3.25. The van der Waals surface area contributed by atoms with E-state index in [4.69, 9.17) is 16.7 Å². The average Bonchev–Trinajstić information content (AvgIpc) is 2.39. The summed E-state index contributed by atoms with van der Waals surface area (Å²) in [5.41, 5.74) is 0.373. The highest BCUT2D eigenvalue weighted by atomic mass is 35.5. The lowest BCUT2D eigenvalue weighted by Gasteiger charge is -2.26. The Morgan fingerprint density at radius 3 is 2.48 bits per heavy atom. The summed E-state index contributed by atoms with van der Waals surface area (Å²) >= 11 is 5.99. The Morgan fingerprint density at radius 2 is 1.95 bits per heavy atom. The first-order chi connectivity index (χ1) is 9.72. The first-order valence-corrected chi connectivity index (χ1v) is 7.16. The quantitative estimate of drug-likeness (QED) is 0.865. The molecule has 0 heterocycles. The summed E-state index contributed by atoms with van der Waals surface area (Å²) in [5, 5.41) is 11.9. The zero-order chi connectivity index (χ0) is 16.2. The van der Waals surface area contributed by atoms with Crippen LogP contribution in [0.3, 0.4) is 0 Å². The Bertz CT molecular complexity index is 532. The lowest BCUT2D eigenvalue weighted by atomic mass is 10.0. The van der Waals surface area contributed by atoms with E-state index in [1.807, 2.05) is 6.92 Å². The van der Waals surface area contributed by atoms with Crippen LogP contribution in [0.4, 0.5) is 10.5 Å². The minimum atomic E-state index is -1.07. The van der Waals surface area contributed by atoms with Crippen LogP contribution in [0.1, 0.15) is 37.6 Å². The van der Waals surface area contributed by atoms with Crippen molar-refractivity contribution in [3.63, 3.8) is 0 Å². The molecule has 1 aromatic rings. The van der Waals surface area contributed by atoms with Gasteiger partial charge >= 0.3 is 12.0 Å². The number of aromatic carboxylic acids is 1. The lowest BCUT2D eigenvalue weighted by molar-refractivity contribution is 0.0697. The van der Waals surface area contributed by atoms with Crippen molar-refractivity contribution in [1.29, 1.82) is 0 Å². The molecule has 2 N–H and O–H groups in total. The molecule has 1 atom stereocenters. The SMILES string of the molecule is CC(C)CC(C)N(C)C(=O)Nc1cc(C(=O)O)ccc1Cl. The number of amides is 2. The Kier molecular flexibility index (Phi) is 6.03. The number of hydrogen-bond acceptors (Lipinski definition) is 2. The molecular formula is C15H21ClN2O3.